The number of anilines is 1. The van der Waals surface area contributed by atoms with Gasteiger partial charge in [0.25, 0.3) is 0 Å². The first-order valence-electron chi connectivity index (χ1n) is 17.4. The van der Waals surface area contributed by atoms with Crippen molar-refractivity contribution in [2.24, 2.45) is 0 Å². The van der Waals surface area contributed by atoms with Crippen LogP contribution in [0.3, 0.4) is 0 Å². The van der Waals surface area contributed by atoms with Crippen molar-refractivity contribution < 1.29 is 32.2 Å². The minimum absolute atomic E-state index is 0.0852. The summed E-state index contributed by atoms with van der Waals surface area (Å²) in [5.41, 5.74) is 4.31. The molecule has 1 fully saturated rings. The number of ether oxygens (including phenoxy) is 2. The van der Waals surface area contributed by atoms with E-state index in [1.807, 2.05) is 26.0 Å². The molecule has 9 nitrogen and oxygen atoms in total. The number of hydrogen-bond donors (Lipinski definition) is 2. The van der Waals surface area contributed by atoms with Crippen LogP contribution in [0.4, 0.5) is 23.7 Å². The van der Waals surface area contributed by atoms with Crippen molar-refractivity contribution in [3.05, 3.63) is 123 Å². The van der Waals surface area contributed by atoms with Gasteiger partial charge in [0.15, 0.2) is 0 Å². The fourth-order valence-electron chi connectivity index (χ4n) is 6.48. The fraction of sp³-hybridized carbons (Fsp3) is 0.350. The molecular formula is C40H41ClF3N5O4. The number of carbonyl (C=O) groups excluding carboxylic acids is 2. The summed E-state index contributed by atoms with van der Waals surface area (Å²) in [6.07, 6.45) is 1.61. The number of aryl methyl sites for hydroxylation is 2. The van der Waals surface area contributed by atoms with Crippen molar-refractivity contribution in [2.75, 3.05) is 18.5 Å². The van der Waals surface area contributed by atoms with E-state index in [9.17, 15) is 18.4 Å². The van der Waals surface area contributed by atoms with Gasteiger partial charge in [-0.1, -0.05) is 29.8 Å². The van der Waals surface area contributed by atoms with Crippen LogP contribution >= 0.6 is 11.6 Å². The minimum atomic E-state index is -0.750. The molecule has 3 aromatic carbocycles. The lowest BCUT2D eigenvalue weighted by molar-refractivity contribution is -0.116. The van der Waals surface area contributed by atoms with Gasteiger partial charge in [0.05, 0.1) is 53.4 Å². The Morgan fingerprint density at radius 1 is 1.04 bits per heavy atom. The maximum atomic E-state index is 15.4. The van der Waals surface area contributed by atoms with Crippen LogP contribution in [0.15, 0.2) is 67.0 Å². The molecule has 3 heterocycles. The second-order valence-corrected chi connectivity index (χ2v) is 14.8. The van der Waals surface area contributed by atoms with Gasteiger partial charge in [-0.15, -0.1) is 0 Å². The van der Waals surface area contributed by atoms with Gasteiger partial charge in [-0.3, -0.25) is 14.7 Å². The van der Waals surface area contributed by atoms with Crippen LogP contribution in [0, 0.1) is 31.3 Å². The summed E-state index contributed by atoms with van der Waals surface area (Å²) in [4.78, 5) is 40.7. The highest BCUT2D eigenvalue weighted by molar-refractivity contribution is 6.30. The molecule has 0 radical (unpaired) electrons. The molecule has 53 heavy (non-hydrogen) atoms. The molecular weight excluding hydrogens is 707 g/mol. The summed E-state index contributed by atoms with van der Waals surface area (Å²) in [7, 11) is 0. The number of pyridine rings is 1. The van der Waals surface area contributed by atoms with E-state index in [0.29, 0.717) is 23.4 Å². The molecule has 0 saturated carbocycles. The zero-order valence-corrected chi connectivity index (χ0v) is 30.9. The molecule has 5 aromatic rings. The number of nitrogens with one attached hydrogen (secondary N) is 2. The first-order chi connectivity index (χ1) is 25.1. The molecule has 2 amide bonds. The summed E-state index contributed by atoms with van der Waals surface area (Å²) in [6.45, 7) is 9.68. The Bertz CT molecular complexity index is 2110. The van der Waals surface area contributed by atoms with Gasteiger partial charge in [-0.05, 0) is 106 Å². The lowest BCUT2D eigenvalue weighted by Crippen LogP contribution is -2.49. The average Bonchev–Trinajstić information content (AvgIpc) is 3.49. The van der Waals surface area contributed by atoms with E-state index in [1.54, 1.807) is 37.8 Å². The standard InChI is InChI=1S/C40H41ClF3N5O4/c1-22-13-33-34(14-23(22)2)48-38(47-33)36-21-52-27(20-49(36)39(51)53-40(3,4)5)10-11-28-32(44)18-45-19-35(28)46-37(50)17-29(24-7-6-8-26(42)15-24)25-9-12-30(41)31(43)16-25/h6-9,12-16,18-19,27,29,36H,10-11,17,20-21H2,1-5H3,(H,46,50)(H,47,48)/t27-,29-,36+/m1/s1. The molecule has 2 aromatic heterocycles. The highest BCUT2D eigenvalue weighted by atomic mass is 35.5. The molecule has 6 rings (SSSR count). The van der Waals surface area contributed by atoms with Gasteiger partial charge in [-0.2, -0.15) is 0 Å². The second-order valence-electron chi connectivity index (χ2n) is 14.4. The number of imidazole rings is 1. The van der Waals surface area contributed by atoms with Crippen molar-refractivity contribution in [1.82, 2.24) is 19.9 Å². The topological polar surface area (TPSA) is 109 Å². The molecule has 1 aliphatic heterocycles. The molecule has 0 unspecified atom stereocenters. The number of carbonyl (C=O) groups is 2. The van der Waals surface area contributed by atoms with Crippen LogP contribution in [-0.4, -0.2) is 56.7 Å². The van der Waals surface area contributed by atoms with E-state index in [4.69, 9.17) is 26.1 Å². The number of nitrogens with zero attached hydrogens (tertiary/aromatic N) is 3. The molecule has 0 spiro atoms. The Balaban J connectivity index is 1.19. The van der Waals surface area contributed by atoms with Gasteiger partial charge in [0.2, 0.25) is 5.91 Å². The molecule has 1 saturated heterocycles. The third-order valence-corrected chi connectivity index (χ3v) is 9.61. The second kappa shape index (κ2) is 15.6. The van der Waals surface area contributed by atoms with Crippen LogP contribution in [-0.2, 0) is 20.7 Å². The maximum Gasteiger partial charge on any atom is 0.411 e. The predicted molar refractivity (Wildman–Crippen MR) is 196 cm³/mol. The van der Waals surface area contributed by atoms with Gasteiger partial charge >= 0.3 is 6.09 Å². The summed E-state index contributed by atoms with van der Waals surface area (Å²) >= 11 is 5.90. The highest BCUT2D eigenvalue weighted by Gasteiger charge is 2.37. The quantitative estimate of drug-likeness (QED) is 0.156. The average molecular weight is 748 g/mol. The SMILES string of the molecule is Cc1cc2nc([C@@H]3CO[C@H](CCc4c(F)cncc4NC(=O)C[C@H](c4cccc(F)c4)c4ccc(Cl)c(F)c4)CN3C(=O)OC(C)(C)C)[nH]c2cc1C. The number of fused-ring (bicyclic) bond motifs is 1. The van der Waals surface area contributed by atoms with Crippen LogP contribution in [0.5, 0.6) is 0 Å². The Hall–Kier alpha value is -4.94. The van der Waals surface area contributed by atoms with Gasteiger partial charge < -0.3 is 19.8 Å². The molecule has 0 bridgehead atoms. The molecule has 278 valence electrons. The van der Waals surface area contributed by atoms with Crippen molar-refractivity contribution >= 4 is 40.3 Å². The first kappa shape index (κ1) is 37.8. The van der Waals surface area contributed by atoms with E-state index >= 15 is 4.39 Å². The monoisotopic (exact) mass is 747 g/mol. The smallest absolute Gasteiger partial charge is 0.411 e. The van der Waals surface area contributed by atoms with E-state index in [1.165, 1.54) is 36.5 Å². The number of rotatable bonds is 9. The van der Waals surface area contributed by atoms with E-state index in [0.717, 1.165) is 28.4 Å². The molecule has 3 atom stereocenters. The van der Waals surface area contributed by atoms with E-state index in [2.05, 4.69) is 15.3 Å². The summed E-state index contributed by atoms with van der Waals surface area (Å²) in [5, 5.41) is 2.67. The number of hydrogen-bond acceptors (Lipinski definition) is 6. The minimum Gasteiger partial charge on any atom is -0.444 e. The summed E-state index contributed by atoms with van der Waals surface area (Å²) in [6, 6.07) is 13.3. The zero-order valence-electron chi connectivity index (χ0n) is 30.1. The van der Waals surface area contributed by atoms with Gasteiger partial charge in [-0.25, -0.2) is 22.9 Å². The number of morpholine rings is 1. The van der Waals surface area contributed by atoms with Crippen molar-refractivity contribution in [3.63, 3.8) is 0 Å². The molecule has 13 heteroatoms. The van der Waals surface area contributed by atoms with Crippen LogP contribution in [0.25, 0.3) is 11.0 Å². The zero-order chi connectivity index (χ0) is 38.0. The molecule has 1 aliphatic rings. The molecule has 2 N–H and O–H groups in total. The van der Waals surface area contributed by atoms with Crippen molar-refractivity contribution in [2.45, 2.75) is 77.5 Å². The van der Waals surface area contributed by atoms with Crippen LogP contribution in [0.1, 0.15) is 79.2 Å². The lowest BCUT2D eigenvalue weighted by Gasteiger charge is -2.39. The van der Waals surface area contributed by atoms with Gasteiger partial charge in [0, 0.05) is 17.9 Å². The Morgan fingerprint density at radius 3 is 2.53 bits per heavy atom. The predicted octanol–water partition coefficient (Wildman–Crippen LogP) is 9.12. The number of aromatic amines is 1. The van der Waals surface area contributed by atoms with Gasteiger partial charge in [0.1, 0.15) is 34.9 Å². The third kappa shape index (κ3) is 9.00. The number of halogens is 4. The first-order valence-corrected chi connectivity index (χ1v) is 17.7. The number of H-pyrrole nitrogens is 1. The van der Waals surface area contributed by atoms with Crippen LogP contribution in [0.2, 0.25) is 5.02 Å². The Labute approximate surface area is 310 Å². The van der Waals surface area contributed by atoms with Crippen molar-refractivity contribution in [3.8, 4) is 0 Å². The normalized spacial score (nSPS) is 16.8. The number of benzene rings is 3. The lowest BCUT2D eigenvalue weighted by atomic mass is 9.88. The Morgan fingerprint density at radius 2 is 1.79 bits per heavy atom. The maximum absolute atomic E-state index is 15.4. The van der Waals surface area contributed by atoms with Crippen LogP contribution < -0.4 is 5.32 Å². The fourth-order valence-corrected chi connectivity index (χ4v) is 6.60. The number of amides is 2. The van der Waals surface area contributed by atoms with E-state index in [-0.39, 0.29) is 42.3 Å². The molecule has 0 aliphatic carbocycles. The summed E-state index contributed by atoms with van der Waals surface area (Å²) in [5.74, 6) is -2.50. The Kier molecular flexibility index (Phi) is 11.1. The number of aromatic nitrogens is 3. The largest absolute Gasteiger partial charge is 0.444 e. The van der Waals surface area contributed by atoms with Crippen molar-refractivity contribution in [1.29, 1.82) is 0 Å². The third-order valence-electron chi connectivity index (χ3n) is 9.31. The summed E-state index contributed by atoms with van der Waals surface area (Å²) < 4.78 is 56.1. The van der Waals surface area contributed by atoms with E-state index < -0.39 is 53.1 Å². The highest BCUT2D eigenvalue weighted by Crippen LogP contribution is 2.33.